The van der Waals surface area contributed by atoms with E-state index >= 15 is 0 Å². The molecule has 30 heavy (non-hydrogen) atoms. The summed E-state index contributed by atoms with van der Waals surface area (Å²) in [5.41, 5.74) is 2.54. The third-order valence-electron chi connectivity index (χ3n) is 5.66. The van der Waals surface area contributed by atoms with Gasteiger partial charge in [-0.1, -0.05) is 36.0 Å². The summed E-state index contributed by atoms with van der Waals surface area (Å²) in [6, 6.07) is 9.86. The Labute approximate surface area is 180 Å². The molecule has 1 aromatic heterocycles. The average molecular weight is 425 g/mol. The molecule has 156 valence electrons. The van der Waals surface area contributed by atoms with Gasteiger partial charge in [0.15, 0.2) is 10.9 Å². The van der Waals surface area contributed by atoms with E-state index in [-0.39, 0.29) is 27.9 Å². The number of thioether (sulfide) groups is 1. The van der Waals surface area contributed by atoms with E-state index in [1.165, 1.54) is 17.8 Å². The second kappa shape index (κ2) is 9.23. The maximum Gasteiger partial charge on any atom is 0.186 e. The van der Waals surface area contributed by atoms with E-state index in [2.05, 4.69) is 16.0 Å². The summed E-state index contributed by atoms with van der Waals surface area (Å²) < 4.78 is 14.7. The van der Waals surface area contributed by atoms with Crippen LogP contribution < -0.4 is 0 Å². The van der Waals surface area contributed by atoms with Gasteiger partial charge in [0, 0.05) is 49.1 Å². The molecule has 1 aromatic carbocycles. The zero-order chi connectivity index (χ0) is 21.1. The van der Waals surface area contributed by atoms with Crippen LogP contribution in [0.1, 0.15) is 43.4 Å². The molecule has 0 bridgehead atoms. The summed E-state index contributed by atoms with van der Waals surface area (Å²) in [6.45, 7) is 2.76. The van der Waals surface area contributed by atoms with Crippen LogP contribution in [-0.4, -0.2) is 39.1 Å². The fourth-order valence-electron chi connectivity index (χ4n) is 4.07. The number of hydrogen-bond donors (Lipinski definition) is 0. The highest BCUT2D eigenvalue weighted by Crippen LogP contribution is 2.40. The maximum absolute atomic E-state index is 14.7. The van der Waals surface area contributed by atoms with Crippen molar-refractivity contribution in [2.24, 2.45) is 5.92 Å². The highest BCUT2D eigenvalue weighted by molar-refractivity contribution is 8.14. The lowest BCUT2D eigenvalue weighted by Crippen LogP contribution is -2.43. The number of halogens is 1. The normalized spacial score (nSPS) is 22.1. The van der Waals surface area contributed by atoms with Crippen molar-refractivity contribution in [2.45, 2.75) is 37.5 Å². The molecule has 2 heterocycles. The molecule has 2 aromatic rings. The van der Waals surface area contributed by atoms with Crippen LogP contribution in [-0.2, 0) is 9.59 Å². The molecular weight excluding hydrogens is 399 g/mol. The summed E-state index contributed by atoms with van der Waals surface area (Å²) in [5, 5.41) is 0.137. The number of rotatable bonds is 6. The summed E-state index contributed by atoms with van der Waals surface area (Å²) in [5.74, 6) is -0.191. The number of carbonyl (C=O) groups is 2. The fraction of sp³-hybridized carbons (Fsp3) is 0.375. The van der Waals surface area contributed by atoms with Crippen molar-refractivity contribution in [3.8, 4) is 0 Å². The molecule has 0 radical (unpaired) electrons. The molecule has 2 aliphatic rings. The highest BCUT2D eigenvalue weighted by Gasteiger charge is 2.41. The van der Waals surface area contributed by atoms with Gasteiger partial charge in [0.25, 0.3) is 0 Å². The van der Waals surface area contributed by atoms with Crippen LogP contribution in [0.3, 0.4) is 0 Å². The minimum Gasteiger partial charge on any atom is -0.297 e. The Morgan fingerprint density at radius 2 is 1.90 bits per heavy atom. The number of carbonyl (C=O) groups excluding carboxylic acids is 2. The SMILES string of the molecule is CC(=O)SC1CCN(C(C(=O)C2CC2)c2ccccc2F)C/C1=C/c1ccncc1. The van der Waals surface area contributed by atoms with Crippen molar-refractivity contribution >= 4 is 28.7 Å². The van der Waals surface area contributed by atoms with Crippen LogP contribution in [0.4, 0.5) is 4.39 Å². The summed E-state index contributed by atoms with van der Waals surface area (Å²) in [6.07, 6.45) is 8.07. The Balaban J connectivity index is 1.67. The lowest BCUT2D eigenvalue weighted by atomic mass is 9.93. The molecule has 4 rings (SSSR count). The Morgan fingerprint density at radius 3 is 2.57 bits per heavy atom. The summed E-state index contributed by atoms with van der Waals surface area (Å²) in [7, 11) is 0. The van der Waals surface area contributed by atoms with Gasteiger partial charge in [0.1, 0.15) is 5.82 Å². The third kappa shape index (κ3) is 4.87. The van der Waals surface area contributed by atoms with Crippen molar-refractivity contribution in [1.29, 1.82) is 0 Å². The average Bonchev–Trinajstić information content (AvgIpc) is 3.57. The number of likely N-dealkylation sites (tertiary alicyclic amines) is 1. The second-order valence-corrected chi connectivity index (χ2v) is 9.34. The van der Waals surface area contributed by atoms with Gasteiger partial charge in [0.2, 0.25) is 0 Å². The Morgan fingerprint density at radius 1 is 1.17 bits per heavy atom. The van der Waals surface area contributed by atoms with Crippen LogP contribution in [0.2, 0.25) is 0 Å². The molecule has 2 unspecified atom stereocenters. The van der Waals surface area contributed by atoms with Gasteiger partial charge >= 0.3 is 0 Å². The minimum atomic E-state index is -0.581. The van der Waals surface area contributed by atoms with Gasteiger partial charge in [-0.2, -0.15) is 0 Å². The van der Waals surface area contributed by atoms with Crippen LogP contribution >= 0.6 is 11.8 Å². The number of nitrogens with zero attached hydrogens (tertiary/aromatic N) is 2. The van der Waals surface area contributed by atoms with E-state index in [1.54, 1.807) is 37.5 Å². The monoisotopic (exact) mass is 424 g/mol. The van der Waals surface area contributed by atoms with E-state index in [1.807, 2.05) is 12.1 Å². The molecule has 0 spiro atoms. The van der Waals surface area contributed by atoms with E-state index in [4.69, 9.17) is 0 Å². The summed E-state index contributed by atoms with van der Waals surface area (Å²) >= 11 is 1.33. The van der Waals surface area contributed by atoms with Crippen LogP contribution in [0.15, 0.2) is 54.4 Å². The number of pyridine rings is 1. The molecule has 6 heteroatoms. The van der Waals surface area contributed by atoms with Gasteiger partial charge in [-0.3, -0.25) is 19.5 Å². The molecule has 0 N–H and O–H groups in total. The van der Waals surface area contributed by atoms with E-state index < -0.39 is 6.04 Å². The Hall–Kier alpha value is -2.31. The van der Waals surface area contributed by atoms with Gasteiger partial charge in [-0.15, -0.1) is 0 Å². The molecule has 1 saturated heterocycles. The van der Waals surface area contributed by atoms with Gasteiger partial charge in [-0.25, -0.2) is 4.39 Å². The number of aromatic nitrogens is 1. The van der Waals surface area contributed by atoms with Gasteiger partial charge < -0.3 is 0 Å². The molecule has 0 amide bonds. The highest BCUT2D eigenvalue weighted by atomic mass is 32.2. The quantitative estimate of drug-likeness (QED) is 0.674. The lowest BCUT2D eigenvalue weighted by Gasteiger charge is -2.38. The summed E-state index contributed by atoms with van der Waals surface area (Å²) in [4.78, 5) is 31.1. The van der Waals surface area contributed by atoms with Crippen LogP contribution in [0, 0.1) is 11.7 Å². The first kappa shape index (κ1) is 20.9. The zero-order valence-electron chi connectivity index (χ0n) is 17.0. The van der Waals surface area contributed by atoms with E-state index in [0.717, 1.165) is 30.4 Å². The number of benzene rings is 1. The number of Topliss-reactive ketones (excluding diaryl/α,β-unsaturated/α-hetero) is 1. The predicted octanol–water partition coefficient (Wildman–Crippen LogP) is 4.68. The molecule has 1 aliphatic heterocycles. The molecule has 1 saturated carbocycles. The standard InChI is InChI=1S/C24H25FN2O2S/c1-16(28)30-22-10-13-27(15-19(22)14-17-8-11-26-12-9-17)23(24(29)18-6-7-18)20-4-2-3-5-21(20)25/h2-5,8-9,11-12,14,18,22-23H,6-7,10,13,15H2,1H3/b19-14-. The first-order chi connectivity index (χ1) is 14.5. The van der Waals surface area contributed by atoms with E-state index in [9.17, 15) is 14.0 Å². The molecular formula is C24H25FN2O2S. The zero-order valence-corrected chi connectivity index (χ0v) is 17.8. The first-order valence-electron chi connectivity index (χ1n) is 10.3. The predicted molar refractivity (Wildman–Crippen MR) is 117 cm³/mol. The second-order valence-electron chi connectivity index (χ2n) is 7.96. The lowest BCUT2D eigenvalue weighted by molar-refractivity contribution is -0.126. The number of hydrogen-bond acceptors (Lipinski definition) is 5. The van der Waals surface area contributed by atoms with Crippen molar-refractivity contribution in [2.75, 3.05) is 13.1 Å². The largest absolute Gasteiger partial charge is 0.297 e. The van der Waals surface area contributed by atoms with Crippen LogP contribution in [0.5, 0.6) is 0 Å². The van der Waals surface area contributed by atoms with Crippen molar-refractivity contribution in [3.05, 3.63) is 71.3 Å². The van der Waals surface area contributed by atoms with Crippen molar-refractivity contribution in [1.82, 2.24) is 9.88 Å². The number of piperidine rings is 1. The molecule has 2 atom stereocenters. The Bertz CT molecular complexity index is 959. The maximum atomic E-state index is 14.7. The minimum absolute atomic E-state index is 0.0338. The molecule has 1 aliphatic carbocycles. The third-order valence-corrected chi connectivity index (χ3v) is 6.81. The van der Waals surface area contributed by atoms with Gasteiger partial charge in [0.05, 0.1) is 6.04 Å². The topological polar surface area (TPSA) is 50.3 Å². The first-order valence-corrected chi connectivity index (χ1v) is 11.2. The van der Waals surface area contributed by atoms with Crippen molar-refractivity contribution in [3.63, 3.8) is 0 Å². The Kier molecular flexibility index (Phi) is 6.44. The smallest absolute Gasteiger partial charge is 0.186 e. The fourth-order valence-corrected chi connectivity index (χ4v) is 4.99. The molecule has 2 fully saturated rings. The van der Waals surface area contributed by atoms with Gasteiger partial charge in [-0.05, 0) is 48.6 Å². The van der Waals surface area contributed by atoms with E-state index in [0.29, 0.717) is 18.7 Å². The number of ketones is 1. The van der Waals surface area contributed by atoms with Crippen LogP contribution in [0.25, 0.3) is 6.08 Å². The molecule has 4 nitrogen and oxygen atoms in total. The van der Waals surface area contributed by atoms with Crippen molar-refractivity contribution < 1.29 is 14.0 Å².